The van der Waals surface area contributed by atoms with Crippen molar-refractivity contribution in [1.29, 1.82) is 0 Å². The van der Waals surface area contributed by atoms with E-state index in [0.717, 1.165) is 21.9 Å². The van der Waals surface area contributed by atoms with E-state index in [1.165, 1.54) is 12.1 Å². The van der Waals surface area contributed by atoms with Crippen molar-refractivity contribution < 1.29 is 19.3 Å². The van der Waals surface area contributed by atoms with Crippen LogP contribution in [0.25, 0.3) is 0 Å². The number of piperidine rings is 1. The predicted molar refractivity (Wildman–Crippen MR) is 142 cm³/mol. The first kappa shape index (κ1) is 23.8. The van der Waals surface area contributed by atoms with Crippen LogP contribution in [0.1, 0.15) is 25.3 Å². The van der Waals surface area contributed by atoms with Crippen LogP contribution < -0.4 is 14.7 Å². The molecule has 2 atom stereocenters. The molecule has 3 aliphatic heterocycles. The lowest BCUT2D eigenvalue weighted by molar-refractivity contribution is -0.384. The van der Waals surface area contributed by atoms with Crippen molar-refractivity contribution >= 4 is 40.6 Å². The van der Waals surface area contributed by atoms with Gasteiger partial charge in [-0.1, -0.05) is 43.3 Å². The Morgan fingerprint density at radius 2 is 1.45 bits per heavy atom. The molecule has 9 heteroatoms. The maximum Gasteiger partial charge on any atom is 0.342 e. The van der Waals surface area contributed by atoms with Gasteiger partial charge in [-0.2, -0.15) is 0 Å². The first-order valence-electron chi connectivity index (χ1n) is 12.7. The summed E-state index contributed by atoms with van der Waals surface area (Å²) in [7, 11) is 0. The topological polar surface area (TPSA) is 104 Å². The third kappa shape index (κ3) is 3.42. The van der Waals surface area contributed by atoms with Gasteiger partial charge in [-0.15, -0.1) is 0 Å². The highest BCUT2D eigenvalue weighted by Gasteiger charge is 2.65. The summed E-state index contributed by atoms with van der Waals surface area (Å²) in [6.07, 6.45) is 1.40. The van der Waals surface area contributed by atoms with Gasteiger partial charge < -0.3 is 4.90 Å². The van der Waals surface area contributed by atoms with Crippen LogP contribution in [0, 0.1) is 21.4 Å². The summed E-state index contributed by atoms with van der Waals surface area (Å²) >= 11 is 0. The number of fused-ring (bicyclic) bond motifs is 4. The molecule has 38 heavy (non-hydrogen) atoms. The Hall–Kier alpha value is -4.53. The van der Waals surface area contributed by atoms with E-state index < -0.39 is 34.2 Å². The lowest BCUT2D eigenvalue weighted by Crippen LogP contribution is -2.74. The standard InChI is InChI=1S/C29H26N4O5/c1-19-14-15-30-24-13-12-23(33(37)38)17-20(24)18-29(25(30)16-19)26(34)31(21-8-4-2-5-9-21)28(36)32(27(29)35)22-10-6-3-7-11-22/h2-13,17,19,25H,14-16,18H2,1H3/t19-,25-/m1/s1. The third-order valence-electron chi connectivity index (χ3n) is 8.07. The van der Waals surface area contributed by atoms with Gasteiger partial charge in [0.25, 0.3) is 17.5 Å². The summed E-state index contributed by atoms with van der Waals surface area (Å²) < 4.78 is 0. The van der Waals surface area contributed by atoms with Crippen molar-refractivity contribution in [1.82, 2.24) is 0 Å². The lowest BCUT2D eigenvalue weighted by atomic mass is 9.64. The minimum absolute atomic E-state index is 0.0322. The number of anilines is 3. The van der Waals surface area contributed by atoms with Gasteiger partial charge in [0, 0.05) is 30.8 Å². The van der Waals surface area contributed by atoms with Crippen LogP contribution in [0.15, 0.2) is 78.9 Å². The van der Waals surface area contributed by atoms with E-state index in [1.807, 2.05) is 0 Å². The van der Waals surface area contributed by atoms with Gasteiger partial charge in [-0.25, -0.2) is 14.6 Å². The number of benzene rings is 3. The number of urea groups is 1. The van der Waals surface area contributed by atoms with Gasteiger partial charge in [-0.05, 0) is 54.7 Å². The molecule has 6 rings (SSSR count). The summed E-state index contributed by atoms with van der Waals surface area (Å²) in [5.74, 6) is -0.930. The monoisotopic (exact) mass is 510 g/mol. The SMILES string of the molecule is C[C@@H]1CCN2c3ccc([N+](=O)[O-])cc3CC3(C(=O)N(c4ccccc4)C(=O)N(c4ccccc4)C3=O)[C@H]2C1. The molecule has 2 saturated heterocycles. The van der Waals surface area contributed by atoms with Crippen molar-refractivity contribution in [2.45, 2.75) is 32.2 Å². The fraction of sp³-hybridized carbons (Fsp3) is 0.276. The number of non-ortho nitro benzene ring substituents is 1. The van der Waals surface area contributed by atoms with Gasteiger partial charge in [0.15, 0.2) is 5.41 Å². The Bertz CT molecular complexity index is 1400. The maximum atomic E-state index is 14.6. The number of nitro groups is 1. The molecule has 0 aliphatic carbocycles. The van der Waals surface area contributed by atoms with E-state index in [9.17, 15) is 24.5 Å². The number of rotatable bonds is 3. The molecule has 3 aliphatic rings. The largest absolute Gasteiger partial charge is 0.367 e. The Morgan fingerprint density at radius 3 is 2.00 bits per heavy atom. The van der Waals surface area contributed by atoms with E-state index in [2.05, 4.69) is 11.8 Å². The summed E-state index contributed by atoms with van der Waals surface area (Å²) in [5.41, 5.74) is 0.354. The first-order valence-corrected chi connectivity index (χ1v) is 12.7. The molecule has 9 nitrogen and oxygen atoms in total. The molecule has 0 unspecified atom stereocenters. The average Bonchev–Trinajstić information content (AvgIpc) is 2.92. The molecule has 3 aromatic carbocycles. The molecule has 1 spiro atoms. The summed E-state index contributed by atoms with van der Waals surface area (Å²) in [6, 6.07) is 20.6. The van der Waals surface area contributed by atoms with Crippen molar-refractivity contribution in [3.8, 4) is 0 Å². The Labute approximate surface area is 219 Å². The third-order valence-corrected chi connectivity index (χ3v) is 8.07. The van der Waals surface area contributed by atoms with Gasteiger partial charge >= 0.3 is 6.03 Å². The van der Waals surface area contributed by atoms with E-state index in [4.69, 9.17) is 0 Å². The highest BCUT2D eigenvalue weighted by atomic mass is 16.6. The summed E-state index contributed by atoms with van der Waals surface area (Å²) in [6.45, 7) is 2.70. The number of nitro benzene ring substituents is 1. The van der Waals surface area contributed by atoms with Crippen molar-refractivity contribution in [3.05, 3.63) is 94.5 Å². The minimum atomic E-state index is -1.64. The zero-order valence-corrected chi connectivity index (χ0v) is 20.8. The second-order valence-corrected chi connectivity index (χ2v) is 10.3. The molecule has 192 valence electrons. The summed E-state index contributed by atoms with van der Waals surface area (Å²) in [4.78, 5) is 58.5. The summed E-state index contributed by atoms with van der Waals surface area (Å²) in [5, 5.41) is 11.6. The Balaban J connectivity index is 1.60. The molecule has 0 radical (unpaired) electrons. The molecule has 4 amide bonds. The molecular formula is C29H26N4O5. The van der Waals surface area contributed by atoms with Crippen LogP contribution >= 0.6 is 0 Å². The number of nitrogens with zero attached hydrogens (tertiary/aromatic N) is 4. The minimum Gasteiger partial charge on any atom is -0.367 e. The molecule has 0 saturated carbocycles. The number of para-hydroxylation sites is 2. The van der Waals surface area contributed by atoms with E-state index in [0.29, 0.717) is 29.9 Å². The van der Waals surface area contributed by atoms with Crippen molar-refractivity contribution in [2.24, 2.45) is 11.3 Å². The number of carbonyl (C=O) groups is 3. The van der Waals surface area contributed by atoms with E-state index in [1.54, 1.807) is 66.7 Å². The zero-order chi connectivity index (χ0) is 26.6. The highest BCUT2D eigenvalue weighted by molar-refractivity contribution is 6.39. The maximum absolute atomic E-state index is 14.6. The van der Waals surface area contributed by atoms with Crippen LogP contribution in [0.3, 0.4) is 0 Å². The number of barbiturate groups is 1. The quantitative estimate of drug-likeness (QED) is 0.281. The highest BCUT2D eigenvalue weighted by Crippen LogP contribution is 2.51. The smallest absolute Gasteiger partial charge is 0.342 e. The Morgan fingerprint density at radius 1 is 0.868 bits per heavy atom. The molecule has 0 N–H and O–H groups in total. The number of imide groups is 2. The van der Waals surface area contributed by atoms with Crippen LogP contribution in [0.5, 0.6) is 0 Å². The second-order valence-electron chi connectivity index (χ2n) is 10.3. The molecule has 3 aromatic rings. The normalized spacial score (nSPS) is 22.3. The van der Waals surface area contributed by atoms with Gasteiger partial charge in [0.1, 0.15) is 0 Å². The number of hydrogen-bond acceptors (Lipinski definition) is 6. The zero-order valence-electron chi connectivity index (χ0n) is 20.8. The Kier molecular flexibility index (Phi) is 5.52. The van der Waals surface area contributed by atoms with Crippen molar-refractivity contribution in [3.63, 3.8) is 0 Å². The number of carbonyl (C=O) groups excluding carboxylic acids is 3. The predicted octanol–water partition coefficient (Wildman–Crippen LogP) is 4.94. The molecule has 0 aromatic heterocycles. The van der Waals surface area contributed by atoms with Crippen molar-refractivity contribution in [2.75, 3.05) is 21.2 Å². The van der Waals surface area contributed by atoms with Crippen LogP contribution in [-0.2, 0) is 16.0 Å². The fourth-order valence-corrected chi connectivity index (χ4v) is 6.23. The molecular weight excluding hydrogens is 484 g/mol. The van der Waals surface area contributed by atoms with Gasteiger partial charge in [0.05, 0.1) is 22.3 Å². The van der Waals surface area contributed by atoms with E-state index >= 15 is 0 Å². The van der Waals surface area contributed by atoms with Crippen LogP contribution in [0.4, 0.5) is 27.5 Å². The average molecular weight is 511 g/mol. The second kappa shape index (κ2) is 8.79. The van der Waals surface area contributed by atoms with Crippen LogP contribution in [-0.4, -0.2) is 35.4 Å². The first-order chi connectivity index (χ1) is 18.3. The van der Waals surface area contributed by atoms with Gasteiger partial charge in [-0.3, -0.25) is 19.7 Å². The number of hydrogen-bond donors (Lipinski definition) is 0. The fourth-order valence-electron chi connectivity index (χ4n) is 6.23. The van der Waals surface area contributed by atoms with Crippen LogP contribution in [0.2, 0.25) is 0 Å². The number of amides is 4. The molecule has 2 fully saturated rings. The molecule has 3 heterocycles. The lowest BCUT2D eigenvalue weighted by Gasteiger charge is -2.56. The van der Waals surface area contributed by atoms with E-state index in [-0.39, 0.29) is 18.0 Å². The van der Waals surface area contributed by atoms with Gasteiger partial charge in [0.2, 0.25) is 0 Å². The molecule has 0 bridgehead atoms.